The van der Waals surface area contributed by atoms with Crippen molar-refractivity contribution in [3.63, 3.8) is 0 Å². The third-order valence-electron chi connectivity index (χ3n) is 3.83. The highest BCUT2D eigenvalue weighted by atomic mass is 15.0. The van der Waals surface area contributed by atoms with Gasteiger partial charge < -0.3 is 10.3 Å². The lowest BCUT2D eigenvalue weighted by molar-refractivity contribution is 0.699. The Hall–Kier alpha value is -2.13. The van der Waals surface area contributed by atoms with Crippen molar-refractivity contribution < 1.29 is 0 Å². The molecule has 0 radical (unpaired) electrons. The van der Waals surface area contributed by atoms with Gasteiger partial charge in [0.1, 0.15) is 5.82 Å². The normalized spacial score (nSPS) is 12.8. The molecule has 0 spiro atoms. The highest BCUT2D eigenvalue weighted by Crippen LogP contribution is 2.26. The van der Waals surface area contributed by atoms with Gasteiger partial charge in [-0.3, -0.25) is 0 Å². The van der Waals surface area contributed by atoms with E-state index >= 15 is 0 Å². The first-order chi connectivity index (χ1) is 9.69. The minimum absolute atomic E-state index is 0.140. The van der Waals surface area contributed by atoms with E-state index in [9.17, 15) is 0 Å². The largest absolute Gasteiger partial charge is 0.337 e. The topological polar surface area (TPSA) is 43.8 Å². The summed E-state index contributed by atoms with van der Waals surface area (Å²) in [5, 5.41) is 2.52. The van der Waals surface area contributed by atoms with Crippen LogP contribution in [0.25, 0.3) is 10.8 Å². The molecule has 0 aliphatic heterocycles. The van der Waals surface area contributed by atoms with Gasteiger partial charge in [0.2, 0.25) is 0 Å². The van der Waals surface area contributed by atoms with Gasteiger partial charge in [-0.15, -0.1) is 0 Å². The van der Waals surface area contributed by atoms with Gasteiger partial charge in [-0.25, -0.2) is 4.98 Å². The van der Waals surface area contributed by atoms with Crippen molar-refractivity contribution in [2.45, 2.75) is 12.8 Å². The summed E-state index contributed by atoms with van der Waals surface area (Å²) in [6.45, 7) is 2.67. The van der Waals surface area contributed by atoms with Crippen LogP contribution in [-0.4, -0.2) is 16.1 Å². The minimum Gasteiger partial charge on any atom is -0.337 e. The molecule has 3 nitrogen and oxygen atoms in total. The number of nitrogens with two attached hydrogens (primary N) is 1. The van der Waals surface area contributed by atoms with Gasteiger partial charge in [-0.2, -0.15) is 0 Å². The monoisotopic (exact) mass is 265 g/mol. The van der Waals surface area contributed by atoms with Crippen molar-refractivity contribution in [3.8, 4) is 0 Å². The molecule has 102 valence electrons. The van der Waals surface area contributed by atoms with Gasteiger partial charge in [0.25, 0.3) is 0 Å². The summed E-state index contributed by atoms with van der Waals surface area (Å²) in [6.07, 6.45) is 3.78. The van der Waals surface area contributed by atoms with E-state index in [4.69, 9.17) is 5.73 Å². The lowest BCUT2D eigenvalue weighted by Gasteiger charge is -2.16. The quantitative estimate of drug-likeness (QED) is 0.791. The van der Waals surface area contributed by atoms with Crippen LogP contribution in [0.4, 0.5) is 0 Å². The number of hydrogen-bond acceptors (Lipinski definition) is 2. The van der Waals surface area contributed by atoms with E-state index in [1.54, 1.807) is 0 Å². The Bertz CT molecular complexity index is 743. The van der Waals surface area contributed by atoms with Gasteiger partial charge in [0, 0.05) is 26.0 Å². The Morgan fingerprint density at radius 1 is 1.15 bits per heavy atom. The van der Waals surface area contributed by atoms with Crippen molar-refractivity contribution in [1.82, 2.24) is 9.55 Å². The molecular weight excluding hydrogens is 246 g/mol. The molecule has 1 unspecified atom stereocenters. The van der Waals surface area contributed by atoms with Crippen LogP contribution in [0.3, 0.4) is 0 Å². The summed E-state index contributed by atoms with van der Waals surface area (Å²) in [5.74, 6) is 1.15. The fourth-order valence-electron chi connectivity index (χ4n) is 2.70. The molecular formula is C17H19N3. The molecule has 0 saturated carbocycles. The third-order valence-corrected chi connectivity index (χ3v) is 3.83. The van der Waals surface area contributed by atoms with Gasteiger partial charge in [-0.05, 0) is 23.3 Å². The van der Waals surface area contributed by atoms with Gasteiger partial charge in [0.15, 0.2) is 0 Å². The van der Waals surface area contributed by atoms with E-state index in [-0.39, 0.29) is 5.92 Å². The van der Waals surface area contributed by atoms with Crippen LogP contribution >= 0.6 is 0 Å². The predicted molar refractivity (Wildman–Crippen MR) is 82.8 cm³/mol. The third kappa shape index (κ3) is 2.21. The van der Waals surface area contributed by atoms with Crippen LogP contribution in [0.2, 0.25) is 0 Å². The Morgan fingerprint density at radius 3 is 2.60 bits per heavy atom. The summed E-state index contributed by atoms with van der Waals surface area (Å²) in [7, 11) is 2.01. The molecule has 0 bridgehead atoms. The standard InChI is InChI=1S/C17H19N3/c1-12-3-4-14-10-15(6-5-13(14)9-12)16(11-18)17-19-7-8-20(17)2/h3-10,16H,11,18H2,1-2H3. The van der Waals surface area contributed by atoms with Gasteiger partial charge in [-0.1, -0.05) is 42.0 Å². The zero-order valence-electron chi connectivity index (χ0n) is 11.9. The number of nitrogens with zero attached hydrogens (tertiary/aromatic N) is 2. The summed E-state index contributed by atoms with van der Waals surface area (Å²) >= 11 is 0. The lowest BCUT2D eigenvalue weighted by Crippen LogP contribution is -2.17. The molecule has 2 aromatic carbocycles. The number of aromatic nitrogens is 2. The average molecular weight is 265 g/mol. The zero-order chi connectivity index (χ0) is 14.1. The molecule has 0 aliphatic carbocycles. The number of rotatable bonds is 3. The van der Waals surface area contributed by atoms with E-state index in [2.05, 4.69) is 48.3 Å². The number of fused-ring (bicyclic) bond motifs is 1. The SMILES string of the molecule is Cc1ccc2cc(C(CN)c3nccn3C)ccc2c1. The Kier molecular flexibility index (Phi) is 3.28. The molecule has 3 heteroatoms. The Balaban J connectivity index is 2.08. The second kappa shape index (κ2) is 5.10. The molecule has 0 saturated heterocycles. The molecule has 2 N–H and O–H groups in total. The van der Waals surface area contributed by atoms with Gasteiger partial charge >= 0.3 is 0 Å². The van der Waals surface area contributed by atoms with Crippen LogP contribution in [0, 0.1) is 6.92 Å². The summed E-state index contributed by atoms with van der Waals surface area (Å²) < 4.78 is 2.04. The highest BCUT2D eigenvalue weighted by Gasteiger charge is 2.16. The number of hydrogen-bond donors (Lipinski definition) is 1. The Morgan fingerprint density at radius 2 is 1.90 bits per heavy atom. The van der Waals surface area contributed by atoms with Crippen LogP contribution < -0.4 is 5.73 Å². The van der Waals surface area contributed by atoms with Crippen molar-refractivity contribution in [2.24, 2.45) is 12.8 Å². The van der Waals surface area contributed by atoms with Crippen LogP contribution in [0.5, 0.6) is 0 Å². The van der Waals surface area contributed by atoms with E-state index in [1.807, 2.05) is 24.0 Å². The van der Waals surface area contributed by atoms with Crippen molar-refractivity contribution in [3.05, 3.63) is 65.7 Å². The molecule has 0 fully saturated rings. The molecule has 0 amide bonds. The molecule has 3 aromatic rings. The molecule has 0 aliphatic rings. The number of benzene rings is 2. The molecule has 1 aromatic heterocycles. The van der Waals surface area contributed by atoms with E-state index in [1.165, 1.54) is 21.9 Å². The first kappa shape index (κ1) is 12.9. The first-order valence-electron chi connectivity index (χ1n) is 6.86. The molecule has 3 rings (SSSR count). The first-order valence-corrected chi connectivity index (χ1v) is 6.86. The molecule has 1 atom stereocenters. The number of imidazole rings is 1. The maximum absolute atomic E-state index is 5.98. The van der Waals surface area contributed by atoms with Crippen LogP contribution in [0.1, 0.15) is 22.9 Å². The Labute approximate surface area is 119 Å². The highest BCUT2D eigenvalue weighted by molar-refractivity contribution is 5.84. The summed E-state index contributed by atoms with van der Waals surface area (Å²) in [5.41, 5.74) is 8.48. The maximum Gasteiger partial charge on any atom is 0.117 e. The molecule has 20 heavy (non-hydrogen) atoms. The summed E-state index contributed by atoms with van der Waals surface area (Å²) in [6, 6.07) is 13.1. The summed E-state index contributed by atoms with van der Waals surface area (Å²) in [4.78, 5) is 4.44. The van der Waals surface area contributed by atoms with E-state index in [0.717, 1.165) is 5.82 Å². The minimum atomic E-state index is 0.140. The van der Waals surface area contributed by atoms with Crippen LogP contribution in [0.15, 0.2) is 48.8 Å². The van der Waals surface area contributed by atoms with E-state index in [0.29, 0.717) is 6.54 Å². The van der Waals surface area contributed by atoms with Crippen molar-refractivity contribution in [2.75, 3.05) is 6.54 Å². The van der Waals surface area contributed by atoms with E-state index < -0.39 is 0 Å². The second-order valence-corrected chi connectivity index (χ2v) is 5.29. The number of aryl methyl sites for hydroxylation is 2. The average Bonchev–Trinajstić information content (AvgIpc) is 2.86. The maximum atomic E-state index is 5.98. The van der Waals surface area contributed by atoms with Gasteiger partial charge in [0.05, 0.1) is 5.92 Å². The zero-order valence-corrected chi connectivity index (χ0v) is 11.9. The fourth-order valence-corrected chi connectivity index (χ4v) is 2.70. The van der Waals surface area contributed by atoms with Crippen molar-refractivity contribution in [1.29, 1.82) is 0 Å². The second-order valence-electron chi connectivity index (χ2n) is 5.29. The smallest absolute Gasteiger partial charge is 0.117 e. The van der Waals surface area contributed by atoms with Crippen LogP contribution in [-0.2, 0) is 7.05 Å². The van der Waals surface area contributed by atoms with Crippen molar-refractivity contribution >= 4 is 10.8 Å². The molecule has 1 heterocycles. The lowest BCUT2D eigenvalue weighted by atomic mass is 9.95. The predicted octanol–water partition coefficient (Wildman–Crippen LogP) is 2.97. The fraction of sp³-hybridized carbons (Fsp3) is 0.235.